The van der Waals surface area contributed by atoms with Crippen LogP contribution in [0.15, 0.2) is 109 Å². The molecule has 200 valence electrons. The van der Waals surface area contributed by atoms with E-state index in [4.69, 9.17) is 9.47 Å². The second kappa shape index (κ2) is 11.6. The van der Waals surface area contributed by atoms with Crippen molar-refractivity contribution in [2.24, 2.45) is 5.92 Å². The third-order valence-corrected chi connectivity index (χ3v) is 8.47. The number of rotatable bonds is 12. The van der Waals surface area contributed by atoms with E-state index in [-0.39, 0.29) is 23.9 Å². The third-order valence-electron chi connectivity index (χ3n) is 8.47. The first-order valence-electron chi connectivity index (χ1n) is 14.2. The van der Waals surface area contributed by atoms with Gasteiger partial charge < -0.3 is 19.5 Å². The maximum Gasteiger partial charge on any atom is 0.119 e. The van der Waals surface area contributed by atoms with Crippen LogP contribution in [0, 0.1) is 5.92 Å². The van der Waals surface area contributed by atoms with E-state index in [0.29, 0.717) is 6.61 Å². The van der Waals surface area contributed by atoms with Gasteiger partial charge in [0.25, 0.3) is 0 Å². The molecule has 1 N–H and O–H groups in total. The lowest BCUT2D eigenvalue weighted by Crippen LogP contribution is -2.38. The van der Waals surface area contributed by atoms with Crippen molar-refractivity contribution in [3.05, 3.63) is 131 Å². The summed E-state index contributed by atoms with van der Waals surface area (Å²) in [6, 6.07) is 37.8. The van der Waals surface area contributed by atoms with Gasteiger partial charge in [0.2, 0.25) is 0 Å². The Hall–Kier alpha value is -3.60. The standard InChI is InChI=1S/C35H37NO3/c37-25-33-34(28-13-17-32(18-14-28)39-26-27-9-3-1-4-10-27)35(33,29-11-5-2-6-12-29)30-15-19-31(20-16-30)38-24-8-23-36-21-7-22-36/h1-6,9-20,33-34,37H,7-8,21-26H2. The molecule has 3 atom stereocenters. The fraction of sp³-hybridized carbons (Fsp3) is 0.314. The summed E-state index contributed by atoms with van der Waals surface area (Å²) in [6.07, 6.45) is 2.38. The zero-order valence-electron chi connectivity index (χ0n) is 22.4. The van der Waals surface area contributed by atoms with Crippen LogP contribution in [0.2, 0.25) is 0 Å². The van der Waals surface area contributed by atoms with E-state index < -0.39 is 0 Å². The zero-order valence-corrected chi connectivity index (χ0v) is 22.4. The van der Waals surface area contributed by atoms with E-state index in [2.05, 4.69) is 95.9 Å². The molecular weight excluding hydrogens is 482 g/mol. The highest BCUT2D eigenvalue weighted by Crippen LogP contribution is 2.69. The predicted molar refractivity (Wildman–Crippen MR) is 155 cm³/mol. The Labute approximate surface area is 231 Å². The average Bonchev–Trinajstić information content (AvgIpc) is 3.66. The Morgan fingerprint density at radius 2 is 1.33 bits per heavy atom. The number of likely N-dealkylation sites (tertiary alicyclic amines) is 1. The Morgan fingerprint density at radius 1 is 0.718 bits per heavy atom. The Kier molecular flexibility index (Phi) is 7.67. The molecule has 39 heavy (non-hydrogen) atoms. The molecule has 1 aliphatic heterocycles. The van der Waals surface area contributed by atoms with Crippen LogP contribution < -0.4 is 9.47 Å². The molecule has 2 aliphatic rings. The highest BCUT2D eigenvalue weighted by molar-refractivity contribution is 5.57. The summed E-state index contributed by atoms with van der Waals surface area (Å²) in [4.78, 5) is 2.47. The van der Waals surface area contributed by atoms with Gasteiger partial charge in [0.15, 0.2) is 0 Å². The smallest absolute Gasteiger partial charge is 0.119 e. The molecular formula is C35H37NO3. The summed E-state index contributed by atoms with van der Waals surface area (Å²) in [6.45, 7) is 4.98. The van der Waals surface area contributed by atoms with E-state index in [9.17, 15) is 5.11 Å². The van der Waals surface area contributed by atoms with Gasteiger partial charge in [0, 0.05) is 30.4 Å². The molecule has 0 radical (unpaired) electrons. The van der Waals surface area contributed by atoms with Gasteiger partial charge in [-0.15, -0.1) is 0 Å². The van der Waals surface area contributed by atoms with Crippen LogP contribution in [0.4, 0.5) is 0 Å². The molecule has 1 aliphatic carbocycles. The van der Waals surface area contributed by atoms with E-state index in [0.717, 1.165) is 36.6 Å². The van der Waals surface area contributed by atoms with Gasteiger partial charge in [0.1, 0.15) is 18.1 Å². The third kappa shape index (κ3) is 5.32. The Bertz CT molecular complexity index is 1320. The quantitative estimate of drug-likeness (QED) is 0.219. The summed E-state index contributed by atoms with van der Waals surface area (Å²) >= 11 is 0. The van der Waals surface area contributed by atoms with Crippen LogP contribution in [0.3, 0.4) is 0 Å². The molecule has 4 heteroatoms. The summed E-state index contributed by atoms with van der Waals surface area (Å²) in [5, 5.41) is 10.6. The van der Waals surface area contributed by atoms with Crippen molar-refractivity contribution in [3.8, 4) is 11.5 Å². The van der Waals surface area contributed by atoms with Crippen LogP contribution in [0.1, 0.15) is 41.0 Å². The molecule has 6 rings (SSSR count). The molecule has 4 aromatic rings. The molecule has 2 fully saturated rings. The van der Waals surface area contributed by atoms with Crippen molar-refractivity contribution in [1.82, 2.24) is 4.90 Å². The Morgan fingerprint density at radius 3 is 1.97 bits per heavy atom. The van der Waals surface area contributed by atoms with Crippen LogP contribution in [0.5, 0.6) is 11.5 Å². The maximum absolute atomic E-state index is 10.6. The molecule has 0 aromatic heterocycles. The maximum atomic E-state index is 10.6. The lowest BCUT2D eigenvalue weighted by molar-refractivity contribution is 0.165. The molecule has 4 aromatic carbocycles. The molecule has 1 saturated carbocycles. The summed E-state index contributed by atoms with van der Waals surface area (Å²) in [5.41, 5.74) is 4.54. The van der Waals surface area contributed by atoms with Gasteiger partial charge in [-0.05, 0) is 72.5 Å². The minimum absolute atomic E-state index is 0.0966. The lowest BCUT2D eigenvalue weighted by Gasteiger charge is -2.30. The van der Waals surface area contributed by atoms with Crippen molar-refractivity contribution >= 4 is 0 Å². The number of hydrogen-bond acceptors (Lipinski definition) is 4. The van der Waals surface area contributed by atoms with Crippen molar-refractivity contribution in [3.63, 3.8) is 0 Å². The molecule has 4 nitrogen and oxygen atoms in total. The minimum Gasteiger partial charge on any atom is -0.494 e. The molecule has 0 bridgehead atoms. The SMILES string of the molecule is OCC1C(c2ccc(OCc3ccccc3)cc2)C1(c1ccccc1)c1ccc(OCCCN2CCC2)cc1. The second-order valence-corrected chi connectivity index (χ2v) is 10.8. The van der Waals surface area contributed by atoms with Gasteiger partial charge in [-0.3, -0.25) is 0 Å². The monoisotopic (exact) mass is 519 g/mol. The molecule has 0 amide bonds. The number of benzene rings is 4. The first kappa shape index (κ1) is 25.7. The van der Waals surface area contributed by atoms with Gasteiger partial charge in [-0.25, -0.2) is 0 Å². The number of ether oxygens (including phenoxy) is 2. The second-order valence-electron chi connectivity index (χ2n) is 10.8. The number of nitrogens with zero attached hydrogens (tertiary/aromatic N) is 1. The van der Waals surface area contributed by atoms with Crippen molar-refractivity contribution < 1.29 is 14.6 Å². The predicted octanol–water partition coefficient (Wildman–Crippen LogP) is 6.43. The molecule has 1 saturated heterocycles. The fourth-order valence-corrected chi connectivity index (χ4v) is 6.29. The molecule has 1 heterocycles. The molecule has 3 unspecified atom stereocenters. The van der Waals surface area contributed by atoms with Crippen LogP contribution in [-0.4, -0.2) is 42.9 Å². The highest BCUT2D eigenvalue weighted by Gasteiger charge is 2.66. The highest BCUT2D eigenvalue weighted by atomic mass is 16.5. The minimum atomic E-state index is -0.279. The number of aliphatic hydroxyl groups is 1. The van der Waals surface area contributed by atoms with Gasteiger partial charge in [0.05, 0.1) is 6.61 Å². The first-order valence-corrected chi connectivity index (χ1v) is 14.2. The normalized spacial score (nSPS) is 22.2. The fourth-order valence-electron chi connectivity index (χ4n) is 6.29. The van der Waals surface area contributed by atoms with E-state index in [1.165, 1.54) is 36.2 Å². The van der Waals surface area contributed by atoms with Crippen molar-refractivity contribution in [2.45, 2.75) is 30.8 Å². The van der Waals surface area contributed by atoms with Crippen LogP contribution >= 0.6 is 0 Å². The summed E-state index contributed by atoms with van der Waals surface area (Å²) in [5.74, 6) is 2.03. The summed E-state index contributed by atoms with van der Waals surface area (Å²) < 4.78 is 12.1. The van der Waals surface area contributed by atoms with E-state index in [1.54, 1.807) is 0 Å². The first-order chi connectivity index (χ1) is 19.3. The average molecular weight is 520 g/mol. The van der Waals surface area contributed by atoms with E-state index >= 15 is 0 Å². The van der Waals surface area contributed by atoms with E-state index in [1.807, 2.05) is 18.2 Å². The Balaban J connectivity index is 1.20. The van der Waals surface area contributed by atoms with Gasteiger partial charge >= 0.3 is 0 Å². The van der Waals surface area contributed by atoms with Crippen LogP contribution in [-0.2, 0) is 12.0 Å². The van der Waals surface area contributed by atoms with Crippen molar-refractivity contribution in [2.75, 3.05) is 32.8 Å². The lowest BCUT2D eigenvalue weighted by atomic mass is 9.83. The number of hydrogen-bond donors (Lipinski definition) is 1. The van der Waals surface area contributed by atoms with Gasteiger partial charge in [-0.2, -0.15) is 0 Å². The van der Waals surface area contributed by atoms with Crippen molar-refractivity contribution in [1.29, 1.82) is 0 Å². The molecule has 0 spiro atoms. The summed E-state index contributed by atoms with van der Waals surface area (Å²) in [7, 11) is 0. The largest absolute Gasteiger partial charge is 0.494 e. The van der Waals surface area contributed by atoms with Crippen LogP contribution in [0.25, 0.3) is 0 Å². The zero-order chi connectivity index (χ0) is 26.5. The topological polar surface area (TPSA) is 41.9 Å². The van der Waals surface area contributed by atoms with Gasteiger partial charge in [-0.1, -0.05) is 84.9 Å². The number of aliphatic hydroxyl groups excluding tert-OH is 1.